The molecule has 2 rings (SSSR count). The van der Waals surface area contributed by atoms with Crippen LogP contribution in [-0.2, 0) is 6.42 Å². The van der Waals surface area contributed by atoms with Crippen LogP contribution in [0.5, 0.6) is 0 Å². The summed E-state index contributed by atoms with van der Waals surface area (Å²) >= 11 is 1.48. The predicted octanol–water partition coefficient (Wildman–Crippen LogP) is 3.24. The average molecular weight is 231 g/mol. The summed E-state index contributed by atoms with van der Waals surface area (Å²) < 4.78 is 0. The zero-order valence-electron chi connectivity index (χ0n) is 9.36. The Bertz CT molecular complexity index is 516. The molecule has 0 spiro atoms. The van der Waals surface area contributed by atoms with Gasteiger partial charge in [-0.05, 0) is 42.0 Å². The minimum Gasteiger partial charge on any atom is -0.286 e. The maximum atomic E-state index is 12.3. The molecule has 0 aromatic carbocycles. The van der Waals surface area contributed by atoms with Crippen molar-refractivity contribution in [2.45, 2.75) is 20.3 Å². The third-order valence-electron chi connectivity index (χ3n) is 2.56. The van der Waals surface area contributed by atoms with E-state index in [0.29, 0.717) is 5.69 Å². The van der Waals surface area contributed by atoms with Gasteiger partial charge in [0.15, 0.2) is 0 Å². The lowest BCUT2D eigenvalue weighted by molar-refractivity contribution is 0.103. The maximum absolute atomic E-state index is 12.3. The van der Waals surface area contributed by atoms with Crippen molar-refractivity contribution in [1.82, 2.24) is 4.98 Å². The summed E-state index contributed by atoms with van der Waals surface area (Å²) in [5, 5.41) is 1.94. The number of ketones is 1. The first kappa shape index (κ1) is 11.0. The minimum atomic E-state index is 0.0463. The lowest BCUT2D eigenvalue weighted by Crippen LogP contribution is -2.07. The average Bonchev–Trinajstić information content (AvgIpc) is 2.74. The van der Waals surface area contributed by atoms with Crippen molar-refractivity contribution < 1.29 is 4.79 Å². The van der Waals surface area contributed by atoms with E-state index >= 15 is 0 Å². The zero-order valence-corrected chi connectivity index (χ0v) is 10.2. The van der Waals surface area contributed by atoms with Crippen molar-refractivity contribution in [2.75, 3.05) is 0 Å². The largest absolute Gasteiger partial charge is 0.286 e. The SMILES string of the molecule is CCc1cccnc1C(=O)c1sccc1C. The van der Waals surface area contributed by atoms with Crippen molar-refractivity contribution in [3.8, 4) is 0 Å². The Kier molecular flexibility index (Phi) is 3.15. The van der Waals surface area contributed by atoms with E-state index in [1.807, 2.05) is 37.4 Å². The van der Waals surface area contributed by atoms with Gasteiger partial charge in [-0.2, -0.15) is 0 Å². The number of nitrogens with zero attached hydrogens (tertiary/aromatic N) is 1. The summed E-state index contributed by atoms with van der Waals surface area (Å²) in [6, 6.07) is 5.80. The predicted molar refractivity (Wildman–Crippen MR) is 66.1 cm³/mol. The van der Waals surface area contributed by atoms with Gasteiger partial charge in [0.2, 0.25) is 5.78 Å². The fraction of sp³-hybridized carbons (Fsp3) is 0.231. The second-order valence-electron chi connectivity index (χ2n) is 3.63. The topological polar surface area (TPSA) is 30.0 Å². The summed E-state index contributed by atoms with van der Waals surface area (Å²) in [6.07, 6.45) is 2.51. The molecule has 2 nitrogen and oxygen atoms in total. The molecule has 0 fully saturated rings. The quantitative estimate of drug-likeness (QED) is 0.759. The Labute approximate surface area is 99.0 Å². The van der Waals surface area contributed by atoms with Crippen LogP contribution in [0.1, 0.15) is 33.4 Å². The molecule has 0 saturated heterocycles. The molecule has 0 amide bonds. The van der Waals surface area contributed by atoms with Crippen LogP contribution in [0, 0.1) is 6.92 Å². The maximum Gasteiger partial charge on any atom is 0.221 e. The van der Waals surface area contributed by atoms with Crippen molar-refractivity contribution >= 4 is 17.1 Å². The van der Waals surface area contributed by atoms with Crippen LogP contribution in [0.25, 0.3) is 0 Å². The number of aryl methyl sites for hydroxylation is 2. The van der Waals surface area contributed by atoms with E-state index in [9.17, 15) is 4.79 Å². The van der Waals surface area contributed by atoms with Gasteiger partial charge in [0.1, 0.15) is 5.69 Å². The van der Waals surface area contributed by atoms with Gasteiger partial charge in [-0.15, -0.1) is 11.3 Å². The van der Waals surface area contributed by atoms with Crippen molar-refractivity contribution in [3.63, 3.8) is 0 Å². The molecule has 2 aromatic rings. The van der Waals surface area contributed by atoms with Crippen LogP contribution in [-0.4, -0.2) is 10.8 Å². The van der Waals surface area contributed by atoms with Gasteiger partial charge in [-0.1, -0.05) is 13.0 Å². The Morgan fingerprint density at radius 3 is 2.88 bits per heavy atom. The zero-order chi connectivity index (χ0) is 11.5. The highest BCUT2D eigenvalue weighted by Gasteiger charge is 2.16. The highest BCUT2D eigenvalue weighted by Crippen LogP contribution is 2.20. The van der Waals surface area contributed by atoms with Crippen LogP contribution in [0.4, 0.5) is 0 Å². The standard InChI is InChI=1S/C13H13NOS/c1-3-10-5-4-7-14-11(10)12(15)13-9(2)6-8-16-13/h4-8H,3H2,1-2H3. The number of thiophene rings is 1. The van der Waals surface area contributed by atoms with E-state index in [2.05, 4.69) is 4.98 Å². The van der Waals surface area contributed by atoms with Crippen LogP contribution < -0.4 is 0 Å². The summed E-state index contributed by atoms with van der Waals surface area (Å²) in [6.45, 7) is 3.99. The Hall–Kier alpha value is -1.48. The molecule has 2 heterocycles. The fourth-order valence-corrected chi connectivity index (χ4v) is 2.51. The fourth-order valence-electron chi connectivity index (χ4n) is 1.64. The van der Waals surface area contributed by atoms with Gasteiger partial charge in [0.25, 0.3) is 0 Å². The molecule has 0 unspecified atom stereocenters. The van der Waals surface area contributed by atoms with E-state index in [4.69, 9.17) is 0 Å². The summed E-state index contributed by atoms with van der Waals surface area (Å²) in [5.41, 5.74) is 2.64. The Balaban J connectivity index is 2.46. The molecular weight excluding hydrogens is 218 g/mol. The van der Waals surface area contributed by atoms with Crippen molar-refractivity contribution in [3.05, 3.63) is 51.5 Å². The highest BCUT2D eigenvalue weighted by molar-refractivity contribution is 7.12. The van der Waals surface area contributed by atoms with E-state index in [1.54, 1.807) is 6.20 Å². The van der Waals surface area contributed by atoms with Gasteiger partial charge >= 0.3 is 0 Å². The van der Waals surface area contributed by atoms with Crippen LogP contribution in [0.3, 0.4) is 0 Å². The van der Waals surface area contributed by atoms with Crippen LogP contribution in [0.2, 0.25) is 0 Å². The minimum absolute atomic E-state index is 0.0463. The molecule has 0 aliphatic rings. The molecule has 0 radical (unpaired) electrons. The second-order valence-corrected chi connectivity index (χ2v) is 4.54. The van der Waals surface area contributed by atoms with E-state index in [0.717, 1.165) is 22.4 Å². The second kappa shape index (κ2) is 4.58. The highest BCUT2D eigenvalue weighted by atomic mass is 32.1. The number of rotatable bonds is 3. The third kappa shape index (κ3) is 1.91. The molecule has 0 aliphatic carbocycles. The van der Waals surface area contributed by atoms with Gasteiger partial charge in [0, 0.05) is 6.20 Å². The molecule has 0 aliphatic heterocycles. The van der Waals surface area contributed by atoms with Crippen molar-refractivity contribution in [1.29, 1.82) is 0 Å². The lowest BCUT2D eigenvalue weighted by Gasteiger charge is -2.04. The molecular formula is C13H13NOS. The molecule has 0 saturated carbocycles. The molecule has 82 valence electrons. The van der Waals surface area contributed by atoms with E-state index in [-0.39, 0.29) is 5.78 Å². The van der Waals surface area contributed by atoms with E-state index < -0.39 is 0 Å². The number of carbonyl (C=O) groups excluding carboxylic acids is 1. The van der Waals surface area contributed by atoms with Crippen molar-refractivity contribution in [2.24, 2.45) is 0 Å². The summed E-state index contributed by atoms with van der Waals surface area (Å²) in [7, 11) is 0. The van der Waals surface area contributed by atoms with E-state index in [1.165, 1.54) is 11.3 Å². The number of hydrogen-bond donors (Lipinski definition) is 0. The molecule has 0 N–H and O–H groups in total. The van der Waals surface area contributed by atoms with Gasteiger partial charge in [0.05, 0.1) is 4.88 Å². The monoisotopic (exact) mass is 231 g/mol. The molecule has 16 heavy (non-hydrogen) atoms. The summed E-state index contributed by atoms with van der Waals surface area (Å²) in [4.78, 5) is 17.3. The first-order valence-electron chi connectivity index (χ1n) is 5.26. The Morgan fingerprint density at radius 2 is 2.25 bits per heavy atom. The molecule has 3 heteroatoms. The number of hydrogen-bond acceptors (Lipinski definition) is 3. The molecule has 0 bridgehead atoms. The number of aromatic nitrogens is 1. The van der Waals surface area contributed by atoms with Gasteiger partial charge < -0.3 is 0 Å². The summed E-state index contributed by atoms with van der Waals surface area (Å²) in [5.74, 6) is 0.0463. The first-order valence-corrected chi connectivity index (χ1v) is 6.14. The third-order valence-corrected chi connectivity index (χ3v) is 3.57. The first-order chi connectivity index (χ1) is 7.74. The van der Waals surface area contributed by atoms with Crippen LogP contribution in [0.15, 0.2) is 29.8 Å². The molecule has 2 aromatic heterocycles. The number of carbonyl (C=O) groups is 1. The van der Waals surface area contributed by atoms with Crippen LogP contribution >= 0.6 is 11.3 Å². The number of pyridine rings is 1. The Morgan fingerprint density at radius 1 is 1.44 bits per heavy atom. The normalized spacial score (nSPS) is 10.4. The van der Waals surface area contributed by atoms with Gasteiger partial charge in [-0.3, -0.25) is 9.78 Å². The lowest BCUT2D eigenvalue weighted by atomic mass is 10.1. The molecule has 0 atom stereocenters. The van der Waals surface area contributed by atoms with Gasteiger partial charge in [-0.25, -0.2) is 0 Å². The smallest absolute Gasteiger partial charge is 0.221 e.